The Balaban J connectivity index is 2.29. The molecule has 0 bridgehead atoms. The van der Waals surface area contributed by atoms with Crippen molar-refractivity contribution in [3.63, 3.8) is 0 Å². The lowest BCUT2D eigenvalue weighted by atomic mass is 9.79. The Morgan fingerprint density at radius 3 is 3.00 bits per heavy atom. The largest absolute Gasteiger partial charge is 0.395 e. The van der Waals surface area contributed by atoms with Crippen molar-refractivity contribution in [2.24, 2.45) is 11.3 Å². The molecule has 1 nitrogen and oxygen atoms in total. The predicted octanol–water partition coefficient (Wildman–Crippen LogP) is 2.12. The van der Waals surface area contributed by atoms with Crippen molar-refractivity contribution in [3.05, 3.63) is 12.2 Å². The molecule has 62 valence electrons. The highest BCUT2D eigenvalue weighted by Gasteiger charge is 2.47. The van der Waals surface area contributed by atoms with Gasteiger partial charge in [0.05, 0.1) is 6.61 Å². The number of hydrogen-bond donors (Lipinski definition) is 1. The van der Waals surface area contributed by atoms with Crippen molar-refractivity contribution in [2.75, 3.05) is 6.61 Å². The first-order chi connectivity index (χ1) is 5.29. The van der Waals surface area contributed by atoms with Gasteiger partial charge in [-0.1, -0.05) is 18.6 Å². The molecule has 0 spiro atoms. The number of aliphatic hydroxyl groups is 1. The first-order valence-electron chi connectivity index (χ1n) is 4.59. The third-order valence-corrected chi connectivity index (χ3v) is 3.74. The van der Waals surface area contributed by atoms with E-state index in [2.05, 4.69) is 6.58 Å². The van der Waals surface area contributed by atoms with E-state index in [1.165, 1.54) is 31.3 Å². The summed E-state index contributed by atoms with van der Waals surface area (Å²) < 4.78 is 0. The molecule has 2 atom stereocenters. The van der Waals surface area contributed by atoms with E-state index in [1.807, 2.05) is 0 Å². The van der Waals surface area contributed by atoms with E-state index in [0.29, 0.717) is 6.61 Å². The van der Waals surface area contributed by atoms with Crippen molar-refractivity contribution in [3.8, 4) is 0 Å². The summed E-state index contributed by atoms with van der Waals surface area (Å²) in [5, 5.41) is 9.34. The highest BCUT2D eigenvalue weighted by atomic mass is 16.3. The fraction of sp³-hybridized carbons (Fsp3) is 0.800. The van der Waals surface area contributed by atoms with Gasteiger partial charge in [-0.3, -0.25) is 0 Å². The Labute approximate surface area is 68.1 Å². The molecule has 0 unspecified atom stereocenters. The highest BCUT2D eigenvalue weighted by Crippen LogP contribution is 2.56. The summed E-state index contributed by atoms with van der Waals surface area (Å²) in [5.74, 6) is 0.764. The van der Waals surface area contributed by atoms with Crippen LogP contribution in [0.5, 0.6) is 0 Å². The van der Waals surface area contributed by atoms with Crippen LogP contribution < -0.4 is 0 Å². The lowest BCUT2D eigenvalue weighted by Gasteiger charge is -2.27. The average molecular weight is 152 g/mol. The number of hydrogen-bond acceptors (Lipinski definition) is 1. The average Bonchev–Trinajstić information content (AvgIpc) is 2.53. The van der Waals surface area contributed by atoms with Crippen LogP contribution >= 0.6 is 0 Å². The van der Waals surface area contributed by atoms with Crippen LogP contribution in [0.4, 0.5) is 0 Å². The maximum atomic E-state index is 9.34. The smallest absolute Gasteiger partial charge is 0.0527 e. The molecule has 11 heavy (non-hydrogen) atoms. The summed E-state index contributed by atoms with van der Waals surface area (Å²) in [5.41, 5.74) is 1.49. The second kappa shape index (κ2) is 2.34. The fourth-order valence-electron chi connectivity index (χ4n) is 2.95. The fourth-order valence-corrected chi connectivity index (χ4v) is 2.95. The molecule has 0 saturated heterocycles. The van der Waals surface area contributed by atoms with Crippen molar-refractivity contribution in [1.29, 1.82) is 0 Å². The summed E-state index contributed by atoms with van der Waals surface area (Å²) in [6.07, 6.45) is 6.24. The maximum Gasteiger partial charge on any atom is 0.0527 e. The second-order valence-corrected chi connectivity index (χ2v) is 4.05. The van der Waals surface area contributed by atoms with Crippen molar-refractivity contribution < 1.29 is 5.11 Å². The van der Waals surface area contributed by atoms with Gasteiger partial charge >= 0.3 is 0 Å². The van der Waals surface area contributed by atoms with Gasteiger partial charge in [-0.2, -0.15) is 0 Å². The molecule has 0 aromatic heterocycles. The molecule has 2 rings (SSSR count). The van der Waals surface area contributed by atoms with Crippen LogP contribution in [0, 0.1) is 11.3 Å². The van der Waals surface area contributed by atoms with Gasteiger partial charge in [0.1, 0.15) is 0 Å². The first kappa shape index (κ1) is 7.35. The minimum Gasteiger partial charge on any atom is -0.395 e. The van der Waals surface area contributed by atoms with Gasteiger partial charge in [0.2, 0.25) is 0 Å². The molecule has 0 amide bonds. The van der Waals surface area contributed by atoms with Crippen LogP contribution in [0.3, 0.4) is 0 Å². The van der Waals surface area contributed by atoms with Crippen LogP contribution in [-0.4, -0.2) is 11.7 Å². The second-order valence-electron chi connectivity index (χ2n) is 4.05. The molecule has 1 heteroatoms. The monoisotopic (exact) mass is 152 g/mol. The lowest BCUT2D eigenvalue weighted by molar-refractivity contribution is 0.138. The SMILES string of the molecule is C=C1CC[C@H]2CCC[C@@]12CO. The zero-order chi connectivity index (χ0) is 7.90. The van der Waals surface area contributed by atoms with Gasteiger partial charge in [-0.15, -0.1) is 0 Å². The van der Waals surface area contributed by atoms with Crippen molar-refractivity contribution >= 4 is 0 Å². The molecule has 0 aromatic rings. The van der Waals surface area contributed by atoms with E-state index >= 15 is 0 Å². The van der Waals surface area contributed by atoms with Crippen LogP contribution in [0.2, 0.25) is 0 Å². The molecule has 0 aliphatic heterocycles. The topological polar surface area (TPSA) is 20.2 Å². The summed E-state index contributed by atoms with van der Waals surface area (Å²) in [6, 6.07) is 0. The standard InChI is InChI=1S/C10H16O/c1-8-4-5-9-3-2-6-10(8,9)7-11/h9,11H,1-7H2/t9-,10-/m1/s1. The Morgan fingerprint density at radius 2 is 2.36 bits per heavy atom. The van der Waals surface area contributed by atoms with E-state index < -0.39 is 0 Å². The molecule has 2 saturated carbocycles. The molecule has 0 aromatic carbocycles. The van der Waals surface area contributed by atoms with Crippen LogP contribution in [0.15, 0.2) is 12.2 Å². The summed E-state index contributed by atoms with van der Waals surface area (Å²) in [6.45, 7) is 4.42. The number of fused-ring (bicyclic) bond motifs is 1. The summed E-state index contributed by atoms with van der Waals surface area (Å²) in [7, 11) is 0. The highest BCUT2D eigenvalue weighted by molar-refractivity contribution is 5.20. The van der Waals surface area contributed by atoms with Gasteiger partial charge in [-0.25, -0.2) is 0 Å². The molecular formula is C10H16O. The Hall–Kier alpha value is -0.300. The summed E-state index contributed by atoms with van der Waals surface area (Å²) in [4.78, 5) is 0. The Kier molecular flexibility index (Phi) is 1.57. The molecule has 2 aliphatic carbocycles. The van der Waals surface area contributed by atoms with Gasteiger partial charge in [0.25, 0.3) is 0 Å². The van der Waals surface area contributed by atoms with Gasteiger partial charge in [-0.05, 0) is 31.6 Å². The zero-order valence-electron chi connectivity index (χ0n) is 6.97. The van der Waals surface area contributed by atoms with E-state index in [0.717, 1.165) is 12.3 Å². The minimum atomic E-state index is 0.167. The third-order valence-electron chi connectivity index (χ3n) is 3.74. The van der Waals surface area contributed by atoms with Crippen LogP contribution in [0.25, 0.3) is 0 Å². The summed E-state index contributed by atoms with van der Waals surface area (Å²) >= 11 is 0. The molecule has 0 radical (unpaired) electrons. The van der Waals surface area contributed by atoms with Gasteiger partial charge in [0.15, 0.2) is 0 Å². The van der Waals surface area contributed by atoms with Crippen molar-refractivity contribution in [2.45, 2.75) is 32.1 Å². The quantitative estimate of drug-likeness (QED) is 0.570. The predicted molar refractivity (Wildman–Crippen MR) is 45.2 cm³/mol. The van der Waals surface area contributed by atoms with Gasteiger partial charge in [0, 0.05) is 5.41 Å². The van der Waals surface area contributed by atoms with Crippen molar-refractivity contribution in [1.82, 2.24) is 0 Å². The van der Waals surface area contributed by atoms with E-state index in [1.54, 1.807) is 0 Å². The van der Waals surface area contributed by atoms with Gasteiger partial charge < -0.3 is 5.11 Å². The van der Waals surface area contributed by atoms with E-state index in [-0.39, 0.29) is 5.41 Å². The Bertz CT molecular complexity index is 185. The zero-order valence-corrected chi connectivity index (χ0v) is 6.97. The van der Waals surface area contributed by atoms with Crippen LogP contribution in [0.1, 0.15) is 32.1 Å². The molecule has 1 N–H and O–H groups in total. The van der Waals surface area contributed by atoms with E-state index in [4.69, 9.17) is 0 Å². The Morgan fingerprint density at radius 1 is 1.55 bits per heavy atom. The molecule has 2 fully saturated rings. The maximum absolute atomic E-state index is 9.34. The molecular weight excluding hydrogens is 136 g/mol. The molecule has 0 heterocycles. The van der Waals surface area contributed by atoms with Crippen LogP contribution in [-0.2, 0) is 0 Å². The first-order valence-corrected chi connectivity index (χ1v) is 4.59. The minimum absolute atomic E-state index is 0.167. The molecule has 2 aliphatic rings. The van der Waals surface area contributed by atoms with E-state index in [9.17, 15) is 5.11 Å². The normalized spacial score (nSPS) is 43.0. The number of rotatable bonds is 1. The number of aliphatic hydroxyl groups excluding tert-OH is 1. The third kappa shape index (κ3) is 0.807. The lowest BCUT2D eigenvalue weighted by Crippen LogP contribution is -2.25.